The van der Waals surface area contributed by atoms with Gasteiger partial charge in [0, 0.05) is 10.9 Å². The lowest BCUT2D eigenvalue weighted by atomic mass is 10.3. The number of hydrogen-bond acceptors (Lipinski definition) is 1. The molecule has 1 atom stereocenters. The zero-order valence-corrected chi connectivity index (χ0v) is 6.97. The Morgan fingerprint density at radius 1 is 1.33 bits per heavy atom. The van der Waals surface area contributed by atoms with Gasteiger partial charge in [-0.05, 0) is 12.1 Å². The number of aromatic nitrogens is 1. The summed E-state index contributed by atoms with van der Waals surface area (Å²) in [5.74, 6) is 0. The van der Waals surface area contributed by atoms with Crippen molar-refractivity contribution in [2.75, 3.05) is 0 Å². The summed E-state index contributed by atoms with van der Waals surface area (Å²) in [6.45, 7) is 0. The first-order valence-electron chi connectivity index (χ1n) is 3.46. The molecule has 12 heavy (non-hydrogen) atoms. The van der Waals surface area contributed by atoms with Gasteiger partial charge in [-0.1, -0.05) is 18.2 Å². The Morgan fingerprint density at radius 2 is 2.08 bits per heavy atom. The Bertz CT molecular complexity index is 402. The van der Waals surface area contributed by atoms with Crippen molar-refractivity contribution >= 4 is 22.0 Å². The summed E-state index contributed by atoms with van der Waals surface area (Å²) in [6, 6.07) is 9.20. The Labute approximate surface area is 71.7 Å². The van der Waals surface area contributed by atoms with Crippen LogP contribution in [0.1, 0.15) is 0 Å². The van der Waals surface area contributed by atoms with Gasteiger partial charge in [-0.3, -0.25) is 0 Å². The second kappa shape index (κ2) is 2.73. The highest BCUT2D eigenvalue weighted by Gasteiger charge is 2.03. The minimum Gasteiger partial charge on any atom is -0.346 e. The van der Waals surface area contributed by atoms with E-state index in [9.17, 15) is 4.21 Å². The number of nitrogens with one attached hydrogen (secondary N) is 1. The number of benzene rings is 1. The molecule has 2 N–H and O–H groups in total. The maximum atomic E-state index is 10.7. The standard InChI is InChI=1S/C8H7NO2S/c10-12(11)8-5-6-3-1-2-4-7(6)9-8/h1-5,9H,(H,10,11). The minimum absolute atomic E-state index is 0.344. The molecule has 0 bridgehead atoms. The number of fused-ring (bicyclic) bond motifs is 1. The lowest BCUT2D eigenvalue weighted by molar-refractivity contribution is 0.561. The summed E-state index contributed by atoms with van der Waals surface area (Å²) in [5, 5.41) is 1.30. The zero-order chi connectivity index (χ0) is 8.55. The van der Waals surface area contributed by atoms with Crippen LogP contribution in [0.3, 0.4) is 0 Å². The summed E-state index contributed by atoms with van der Waals surface area (Å²) in [7, 11) is 0. The molecule has 0 aliphatic carbocycles. The summed E-state index contributed by atoms with van der Waals surface area (Å²) in [4.78, 5) is 2.84. The van der Waals surface area contributed by atoms with E-state index in [4.69, 9.17) is 4.55 Å². The summed E-state index contributed by atoms with van der Waals surface area (Å²) >= 11 is -1.92. The van der Waals surface area contributed by atoms with Crippen molar-refractivity contribution in [3.05, 3.63) is 30.3 Å². The normalized spacial score (nSPS) is 13.4. The zero-order valence-electron chi connectivity index (χ0n) is 6.15. The smallest absolute Gasteiger partial charge is 0.203 e. The van der Waals surface area contributed by atoms with Crippen LogP contribution in [0.4, 0.5) is 0 Å². The quantitative estimate of drug-likeness (QED) is 0.658. The second-order valence-electron chi connectivity index (χ2n) is 2.47. The molecule has 0 fully saturated rings. The molecule has 1 heterocycles. The van der Waals surface area contributed by atoms with Gasteiger partial charge in [0.1, 0.15) is 5.03 Å². The van der Waals surface area contributed by atoms with Crippen LogP contribution in [-0.4, -0.2) is 13.7 Å². The maximum absolute atomic E-state index is 10.7. The van der Waals surface area contributed by atoms with E-state index in [2.05, 4.69) is 4.98 Å². The van der Waals surface area contributed by atoms with Crippen LogP contribution >= 0.6 is 0 Å². The molecule has 1 aromatic carbocycles. The molecule has 0 aliphatic rings. The summed E-state index contributed by atoms with van der Waals surface area (Å²) in [5.41, 5.74) is 0.884. The predicted octanol–water partition coefficient (Wildman–Crippen LogP) is 1.75. The van der Waals surface area contributed by atoms with Crippen LogP contribution in [-0.2, 0) is 11.1 Å². The monoisotopic (exact) mass is 181 g/mol. The first kappa shape index (κ1) is 7.52. The third-order valence-electron chi connectivity index (χ3n) is 1.69. The van der Waals surface area contributed by atoms with Gasteiger partial charge in [0.25, 0.3) is 0 Å². The van der Waals surface area contributed by atoms with Crippen LogP contribution in [0.5, 0.6) is 0 Å². The molecule has 0 amide bonds. The molecule has 2 rings (SSSR count). The SMILES string of the molecule is O=S(O)c1cc2ccccc2[nH]1. The highest BCUT2D eigenvalue weighted by Crippen LogP contribution is 2.15. The second-order valence-corrected chi connectivity index (χ2v) is 3.41. The Balaban J connectivity index is 2.70. The average molecular weight is 181 g/mol. The Morgan fingerprint density at radius 3 is 2.75 bits per heavy atom. The summed E-state index contributed by atoms with van der Waals surface area (Å²) in [6.07, 6.45) is 0. The van der Waals surface area contributed by atoms with Gasteiger partial charge in [-0.15, -0.1) is 0 Å². The number of aromatic amines is 1. The first-order valence-corrected chi connectivity index (χ1v) is 4.56. The number of H-pyrrole nitrogens is 1. The molecule has 0 spiro atoms. The van der Waals surface area contributed by atoms with Crippen LogP contribution in [0.15, 0.2) is 35.4 Å². The third kappa shape index (κ3) is 1.15. The predicted molar refractivity (Wildman–Crippen MR) is 47.3 cm³/mol. The van der Waals surface area contributed by atoms with Gasteiger partial charge in [0.2, 0.25) is 11.1 Å². The highest BCUT2D eigenvalue weighted by molar-refractivity contribution is 7.79. The van der Waals surface area contributed by atoms with Gasteiger partial charge in [0.15, 0.2) is 0 Å². The van der Waals surface area contributed by atoms with E-state index in [1.165, 1.54) is 0 Å². The fraction of sp³-hybridized carbons (Fsp3) is 0. The van der Waals surface area contributed by atoms with E-state index >= 15 is 0 Å². The highest BCUT2D eigenvalue weighted by atomic mass is 32.2. The molecule has 1 unspecified atom stereocenters. The largest absolute Gasteiger partial charge is 0.346 e. The number of rotatable bonds is 1. The molecule has 2 aromatic rings. The Kier molecular flexibility index (Phi) is 1.71. The van der Waals surface area contributed by atoms with Crippen LogP contribution in [0.25, 0.3) is 10.9 Å². The van der Waals surface area contributed by atoms with Crippen LogP contribution < -0.4 is 0 Å². The lowest BCUT2D eigenvalue weighted by Crippen LogP contribution is -1.85. The van der Waals surface area contributed by atoms with Gasteiger partial charge >= 0.3 is 0 Å². The molecule has 0 aliphatic heterocycles. The molecule has 1 aromatic heterocycles. The van der Waals surface area contributed by atoms with Crippen LogP contribution in [0, 0.1) is 0 Å². The summed E-state index contributed by atoms with van der Waals surface area (Å²) < 4.78 is 19.4. The van der Waals surface area contributed by atoms with Crippen molar-refractivity contribution in [1.29, 1.82) is 0 Å². The van der Waals surface area contributed by atoms with E-state index in [-0.39, 0.29) is 0 Å². The van der Waals surface area contributed by atoms with E-state index in [1.54, 1.807) is 6.07 Å². The molecule has 62 valence electrons. The van der Waals surface area contributed by atoms with Crippen molar-refractivity contribution < 1.29 is 8.76 Å². The Hall–Kier alpha value is -1.13. The first-order chi connectivity index (χ1) is 5.77. The van der Waals surface area contributed by atoms with Gasteiger partial charge in [0.05, 0.1) is 0 Å². The van der Waals surface area contributed by atoms with Crippen molar-refractivity contribution in [3.8, 4) is 0 Å². The maximum Gasteiger partial charge on any atom is 0.203 e. The molecule has 0 radical (unpaired) electrons. The van der Waals surface area contributed by atoms with Gasteiger partial charge in [-0.25, -0.2) is 4.21 Å². The van der Waals surface area contributed by atoms with Crippen molar-refractivity contribution in [3.63, 3.8) is 0 Å². The van der Waals surface area contributed by atoms with E-state index in [1.807, 2.05) is 24.3 Å². The molecule has 3 nitrogen and oxygen atoms in total. The molecule has 4 heteroatoms. The molecule has 0 saturated carbocycles. The van der Waals surface area contributed by atoms with Crippen molar-refractivity contribution in [2.45, 2.75) is 5.03 Å². The fourth-order valence-electron chi connectivity index (χ4n) is 1.14. The number of para-hydroxylation sites is 1. The molecular weight excluding hydrogens is 174 g/mol. The van der Waals surface area contributed by atoms with Gasteiger partial charge in [-0.2, -0.15) is 0 Å². The fourth-order valence-corrected chi connectivity index (χ4v) is 1.57. The van der Waals surface area contributed by atoms with Crippen LogP contribution in [0.2, 0.25) is 0 Å². The topological polar surface area (TPSA) is 53.1 Å². The van der Waals surface area contributed by atoms with Gasteiger partial charge < -0.3 is 9.54 Å². The third-order valence-corrected chi connectivity index (χ3v) is 2.29. The lowest BCUT2D eigenvalue weighted by Gasteiger charge is -1.84. The average Bonchev–Trinajstić information content (AvgIpc) is 2.46. The van der Waals surface area contributed by atoms with E-state index in [0.717, 1.165) is 10.9 Å². The van der Waals surface area contributed by atoms with E-state index < -0.39 is 11.1 Å². The van der Waals surface area contributed by atoms with Crippen molar-refractivity contribution in [2.24, 2.45) is 0 Å². The molecule has 0 saturated heterocycles. The number of hydrogen-bond donors (Lipinski definition) is 2. The molecular formula is C8H7NO2S. The van der Waals surface area contributed by atoms with E-state index in [0.29, 0.717) is 5.03 Å². The van der Waals surface area contributed by atoms with Crippen molar-refractivity contribution in [1.82, 2.24) is 4.98 Å². The minimum atomic E-state index is -1.92.